The number of aromatic nitrogens is 3. The number of fused-ring (bicyclic) bond motifs is 1. The summed E-state index contributed by atoms with van der Waals surface area (Å²) >= 11 is 0. The van der Waals surface area contributed by atoms with Crippen LogP contribution in [0.4, 0.5) is 0 Å². The van der Waals surface area contributed by atoms with Gasteiger partial charge >= 0.3 is 0 Å². The van der Waals surface area contributed by atoms with Crippen molar-refractivity contribution in [3.63, 3.8) is 0 Å². The van der Waals surface area contributed by atoms with Gasteiger partial charge < -0.3 is 9.26 Å². The van der Waals surface area contributed by atoms with Crippen molar-refractivity contribution in [1.29, 1.82) is 0 Å². The number of hydrogen-bond acceptors (Lipinski definition) is 5. The summed E-state index contributed by atoms with van der Waals surface area (Å²) in [6.07, 6.45) is 4.58. The van der Waals surface area contributed by atoms with Crippen LogP contribution >= 0.6 is 0 Å². The highest BCUT2D eigenvalue weighted by molar-refractivity contribution is 5.20. The van der Waals surface area contributed by atoms with E-state index in [1.54, 1.807) is 0 Å². The summed E-state index contributed by atoms with van der Waals surface area (Å²) in [6.45, 7) is 9.47. The lowest BCUT2D eigenvalue weighted by Gasteiger charge is -2.23. The van der Waals surface area contributed by atoms with Gasteiger partial charge in [0.2, 0.25) is 0 Å². The van der Waals surface area contributed by atoms with Crippen LogP contribution in [0.25, 0.3) is 0 Å². The first-order valence-corrected chi connectivity index (χ1v) is 8.91. The molecule has 0 saturated heterocycles. The summed E-state index contributed by atoms with van der Waals surface area (Å²) in [6, 6.07) is 2.12. The molecule has 1 aliphatic heterocycles. The van der Waals surface area contributed by atoms with E-state index in [2.05, 4.69) is 25.9 Å². The molecule has 6 heteroatoms. The van der Waals surface area contributed by atoms with Crippen LogP contribution in [0.3, 0.4) is 0 Å². The van der Waals surface area contributed by atoms with Crippen LogP contribution < -0.4 is 0 Å². The Labute approximate surface area is 142 Å². The average Bonchev–Trinajstić information content (AvgIpc) is 3.25. The molecule has 0 spiro atoms. The Morgan fingerprint density at radius 2 is 2.04 bits per heavy atom. The predicted molar refractivity (Wildman–Crippen MR) is 89.4 cm³/mol. The predicted octanol–water partition coefficient (Wildman–Crippen LogP) is 2.55. The fraction of sp³-hybridized carbons (Fsp3) is 0.667. The van der Waals surface area contributed by atoms with Gasteiger partial charge in [-0.2, -0.15) is 5.10 Å². The van der Waals surface area contributed by atoms with Crippen molar-refractivity contribution in [2.45, 2.75) is 46.3 Å². The second kappa shape index (κ2) is 6.69. The summed E-state index contributed by atoms with van der Waals surface area (Å²) < 4.78 is 13.4. The SMILES string of the molecule is Cc1noc(C)c1CN1Cc2ccnn2CC(COCC2CC2)C1. The molecule has 6 nitrogen and oxygen atoms in total. The second-order valence-corrected chi connectivity index (χ2v) is 7.32. The van der Waals surface area contributed by atoms with E-state index in [9.17, 15) is 0 Å². The summed E-state index contributed by atoms with van der Waals surface area (Å²) in [5.74, 6) is 2.20. The van der Waals surface area contributed by atoms with Crippen molar-refractivity contribution in [2.24, 2.45) is 11.8 Å². The molecule has 1 fully saturated rings. The van der Waals surface area contributed by atoms with E-state index in [4.69, 9.17) is 9.26 Å². The zero-order valence-corrected chi connectivity index (χ0v) is 14.6. The van der Waals surface area contributed by atoms with Gasteiger partial charge in [0.1, 0.15) is 5.76 Å². The van der Waals surface area contributed by atoms with Crippen molar-refractivity contribution in [2.75, 3.05) is 19.8 Å². The summed E-state index contributed by atoms with van der Waals surface area (Å²) in [4.78, 5) is 2.47. The quantitative estimate of drug-likeness (QED) is 0.815. The van der Waals surface area contributed by atoms with Crippen LogP contribution in [-0.4, -0.2) is 39.6 Å². The van der Waals surface area contributed by atoms with Crippen LogP contribution in [0.1, 0.15) is 35.6 Å². The first-order chi connectivity index (χ1) is 11.7. The zero-order valence-electron chi connectivity index (χ0n) is 14.6. The van der Waals surface area contributed by atoms with E-state index in [0.717, 1.165) is 56.8 Å². The third kappa shape index (κ3) is 3.54. The van der Waals surface area contributed by atoms with Crippen LogP contribution in [0.15, 0.2) is 16.8 Å². The Bertz CT molecular complexity index is 670. The molecular weight excluding hydrogens is 304 g/mol. The smallest absolute Gasteiger partial charge is 0.138 e. The molecule has 1 atom stereocenters. The molecule has 0 N–H and O–H groups in total. The fourth-order valence-electron chi connectivity index (χ4n) is 3.48. The van der Waals surface area contributed by atoms with Gasteiger partial charge in [-0.1, -0.05) is 5.16 Å². The normalized spacial score (nSPS) is 21.7. The van der Waals surface area contributed by atoms with Crippen molar-refractivity contribution >= 4 is 0 Å². The molecule has 3 heterocycles. The Balaban J connectivity index is 1.46. The lowest BCUT2D eigenvalue weighted by Crippen LogP contribution is -2.30. The molecule has 4 rings (SSSR count). The van der Waals surface area contributed by atoms with E-state index in [0.29, 0.717) is 5.92 Å². The van der Waals surface area contributed by atoms with E-state index in [1.165, 1.54) is 24.1 Å². The van der Waals surface area contributed by atoms with Crippen LogP contribution in [-0.2, 0) is 24.4 Å². The minimum absolute atomic E-state index is 0.463. The largest absolute Gasteiger partial charge is 0.381 e. The lowest BCUT2D eigenvalue weighted by molar-refractivity contribution is 0.0695. The van der Waals surface area contributed by atoms with Gasteiger partial charge in [-0.25, -0.2) is 0 Å². The molecule has 0 aromatic carbocycles. The average molecular weight is 330 g/mol. The third-order valence-electron chi connectivity index (χ3n) is 5.10. The first-order valence-electron chi connectivity index (χ1n) is 8.91. The molecule has 1 unspecified atom stereocenters. The molecule has 0 amide bonds. The van der Waals surface area contributed by atoms with Crippen molar-refractivity contribution in [1.82, 2.24) is 19.8 Å². The Morgan fingerprint density at radius 1 is 1.21 bits per heavy atom. The minimum Gasteiger partial charge on any atom is -0.381 e. The Morgan fingerprint density at radius 3 is 2.79 bits per heavy atom. The number of nitrogens with zero attached hydrogens (tertiary/aromatic N) is 4. The highest BCUT2D eigenvalue weighted by atomic mass is 16.5. The monoisotopic (exact) mass is 330 g/mol. The zero-order chi connectivity index (χ0) is 16.5. The van der Waals surface area contributed by atoms with Gasteiger partial charge in [-0.3, -0.25) is 9.58 Å². The minimum atomic E-state index is 0.463. The van der Waals surface area contributed by atoms with Gasteiger partial charge in [0.15, 0.2) is 0 Å². The van der Waals surface area contributed by atoms with Crippen LogP contribution in [0, 0.1) is 25.7 Å². The van der Waals surface area contributed by atoms with E-state index in [1.807, 2.05) is 20.0 Å². The maximum atomic E-state index is 5.98. The van der Waals surface area contributed by atoms with Gasteiger partial charge in [0.25, 0.3) is 0 Å². The van der Waals surface area contributed by atoms with E-state index in [-0.39, 0.29) is 0 Å². The summed E-state index contributed by atoms with van der Waals surface area (Å²) in [7, 11) is 0. The standard InChI is InChI=1S/C18H26N4O2/c1-13-18(14(2)24-20-13)10-21-7-16(12-23-11-15-3-4-15)8-22-17(9-21)5-6-19-22/h5-6,15-16H,3-4,7-12H2,1-2H3. The molecule has 0 radical (unpaired) electrons. The number of aryl methyl sites for hydroxylation is 2. The van der Waals surface area contributed by atoms with Crippen molar-refractivity contribution in [3.8, 4) is 0 Å². The number of rotatable bonds is 6. The van der Waals surface area contributed by atoms with Gasteiger partial charge in [0.05, 0.1) is 18.0 Å². The van der Waals surface area contributed by atoms with Crippen LogP contribution in [0.2, 0.25) is 0 Å². The van der Waals surface area contributed by atoms with Crippen molar-refractivity contribution < 1.29 is 9.26 Å². The summed E-state index contributed by atoms with van der Waals surface area (Å²) in [5, 5.41) is 8.58. The number of ether oxygens (including phenoxy) is 1. The molecule has 1 saturated carbocycles. The molecule has 0 bridgehead atoms. The molecule has 2 aliphatic rings. The molecule has 130 valence electrons. The van der Waals surface area contributed by atoms with Crippen molar-refractivity contribution in [3.05, 3.63) is 35.0 Å². The van der Waals surface area contributed by atoms with Crippen LogP contribution in [0.5, 0.6) is 0 Å². The lowest BCUT2D eigenvalue weighted by atomic mass is 10.1. The topological polar surface area (TPSA) is 56.3 Å². The first kappa shape index (κ1) is 15.8. The Hall–Kier alpha value is -1.66. The Kier molecular flexibility index (Phi) is 4.41. The third-order valence-corrected chi connectivity index (χ3v) is 5.10. The molecule has 2 aromatic heterocycles. The molecular formula is C18H26N4O2. The molecule has 24 heavy (non-hydrogen) atoms. The highest BCUT2D eigenvalue weighted by Crippen LogP contribution is 2.29. The summed E-state index contributed by atoms with van der Waals surface area (Å²) in [5.41, 5.74) is 3.47. The van der Waals surface area contributed by atoms with E-state index >= 15 is 0 Å². The highest BCUT2D eigenvalue weighted by Gasteiger charge is 2.26. The van der Waals surface area contributed by atoms with Gasteiger partial charge in [0, 0.05) is 50.5 Å². The van der Waals surface area contributed by atoms with E-state index < -0.39 is 0 Å². The maximum absolute atomic E-state index is 5.98. The number of hydrogen-bond donors (Lipinski definition) is 0. The fourth-order valence-corrected chi connectivity index (χ4v) is 3.48. The second-order valence-electron chi connectivity index (χ2n) is 7.32. The van der Waals surface area contributed by atoms with Gasteiger partial charge in [-0.15, -0.1) is 0 Å². The molecule has 1 aliphatic carbocycles. The van der Waals surface area contributed by atoms with Gasteiger partial charge in [-0.05, 0) is 38.7 Å². The maximum Gasteiger partial charge on any atom is 0.138 e. The molecule has 2 aromatic rings.